The average molecular weight is 245 g/mol. The third kappa shape index (κ3) is 1.47. The molecule has 0 fully saturated rings. The van der Waals surface area contributed by atoms with E-state index in [2.05, 4.69) is 9.97 Å². The molecule has 0 amide bonds. The molecule has 0 aliphatic rings. The standard InChI is InChI=1S/C9H6ClFN2O3/c1-16-7-4(10)2-3-6(5(7)11)12-9(15)13-8(3)14/h2H,1H3,(H2,12,13,14,15). The first-order valence-electron chi connectivity index (χ1n) is 4.16. The summed E-state index contributed by atoms with van der Waals surface area (Å²) in [4.78, 5) is 6.73. The fraction of sp³-hybridized carbons (Fsp3) is 0.111. The zero-order chi connectivity index (χ0) is 11.9. The Balaban J connectivity index is 2.93. The smallest absolute Gasteiger partial charge is 0.317 e. The Morgan fingerprint density at radius 3 is 2.69 bits per heavy atom. The van der Waals surface area contributed by atoms with Crippen molar-refractivity contribution in [3.05, 3.63) is 16.9 Å². The van der Waals surface area contributed by atoms with Gasteiger partial charge in [-0.25, -0.2) is 4.39 Å². The molecule has 1 aromatic carbocycles. The van der Waals surface area contributed by atoms with Gasteiger partial charge in [0, 0.05) is 0 Å². The second-order valence-electron chi connectivity index (χ2n) is 2.95. The maximum atomic E-state index is 13.8. The number of aromatic nitrogens is 2. The van der Waals surface area contributed by atoms with Gasteiger partial charge in [0.05, 0.1) is 17.5 Å². The minimum Gasteiger partial charge on any atom is -0.493 e. The maximum Gasteiger partial charge on any atom is 0.317 e. The van der Waals surface area contributed by atoms with Crippen LogP contribution in [-0.4, -0.2) is 27.3 Å². The van der Waals surface area contributed by atoms with Crippen molar-refractivity contribution in [1.29, 1.82) is 0 Å². The van der Waals surface area contributed by atoms with Gasteiger partial charge >= 0.3 is 6.01 Å². The van der Waals surface area contributed by atoms with Crippen LogP contribution in [0, 0.1) is 5.82 Å². The van der Waals surface area contributed by atoms with Crippen molar-refractivity contribution in [2.75, 3.05) is 7.11 Å². The summed E-state index contributed by atoms with van der Waals surface area (Å²) in [5, 5.41) is 18.4. The van der Waals surface area contributed by atoms with E-state index in [0.717, 1.165) is 0 Å². The largest absolute Gasteiger partial charge is 0.493 e. The molecule has 0 aliphatic carbocycles. The van der Waals surface area contributed by atoms with Gasteiger partial charge in [0.1, 0.15) is 5.52 Å². The maximum absolute atomic E-state index is 13.8. The van der Waals surface area contributed by atoms with Crippen LogP contribution in [0.4, 0.5) is 4.39 Å². The SMILES string of the molecule is COc1c(Cl)cc2c(O)nc(O)nc2c1F. The van der Waals surface area contributed by atoms with Crippen LogP contribution in [0.3, 0.4) is 0 Å². The summed E-state index contributed by atoms with van der Waals surface area (Å²) in [6.07, 6.45) is 0. The van der Waals surface area contributed by atoms with Crippen molar-refractivity contribution < 1.29 is 19.3 Å². The molecule has 0 bridgehead atoms. The Morgan fingerprint density at radius 2 is 2.06 bits per heavy atom. The number of rotatable bonds is 1. The monoisotopic (exact) mass is 244 g/mol. The molecular formula is C9H6ClFN2O3. The lowest BCUT2D eigenvalue weighted by atomic mass is 10.2. The number of hydrogen-bond acceptors (Lipinski definition) is 5. The molecule has 84 valence electrons. The molecule has 0 radical (unpaired) electrons. The number of halogens is 2. The van der Waals surface area contributed by atoms with Gasteiger partial charge in [-0.3, -0.25) is 0 Å². The zero-order valence-corrected chi connectivity index (χ0v) is 8.79. The molecule has 5 nitrogen and oxygen atoms in total. The summed E-state index contributed by atoms with van der Waals surface area (Å²) in [6, 6.07) is 0.529. The Labute approximate surface area is 94.1 Å². The van der Waals surface area contributed by atoms with Gasteiger partial charge in [-0.2, -0.15) is 9.97 Å². The minimum absolute atomic E-state index is 0.00102. The number of hydrogen-bond donors (Lipinski definition) is 2. The van der Waals surface area contributed by atoms with Crippen LogP contribution in [-0.2, 0) is 0 Å². The number of methoxy groups -OCH3 is 1. The number of benzene rings is 1. The predicted molar refractivity (Wildman–Crippen MR) is 54.4 cm³/mol. The summed E-state index contributed by atoms with van der Waals surface area (Å²) >= 11 is 5.73. The number of nitrogens with zero attached hydrogens (tertiary/aromatic N) is 2. The van der Waals surface area contributed by atoms with Gasteiger partial charge < -0.3 is 14.9 Å². The number of aromatic hydroxyl groups is 2. The molecular weight excluding hydrogens is 239 g/mol. The molecule has 0 saturated heterocycles. The highest BCUT2D eigenvalue weighted by atomic mass is 35.5. The lowest BCUT2D eigenvalue weighted by molar-refractivity contribution is 0.385. The minimum atomic E-state index is -0.863. The quantitative estimate of drug-likeness (QED) is 0.801. The topological polar surface area (TPSA) is 75.5 Å². The number of fused-ring (bicyclic) bond motifs is 1. The molecule has 7 heteroatoms. The van der Waals surface area contributed by atoms with Crippen molar-refractivity contribution in [2.24, 2.45) is 0 Å². The van der Waals surface area contributed by atoms with E-state index in [-0.39, 0.29) is 21.7 Å². The lowest BCUT2D eigenvalue weighted by Gasteiger charge is -2.07. The van der Waals surface area contributed by atoms with Crippen LogP contribution in [0.5, 0.6) is 17.6 Å². The number of ether oxygens (including phenoxy) is 1. The third-order valence-corrected chi connectivity index (χ3v) is 2.29. The van der Waals surface area contributed by atoms with E-state index in [0.29, 0.717) is 0 Å². The molecule has 0 unspecified atom stereocenters. The van der Waals surface area contributed by atoms with E-state index in [1.165, 1.54) is 13.2 Å². The van der Waals surface area contributed by atoms with E-state index in [9.17, 15) is 9.50 Å². The fourth-order valence-electron chi connectivity index (χ4n) is 1.34. The van der Waals surface area contributed by atoms with Crippen molar-refractivity contribution in [1.82, 2.24) is 9.97 Å². The van der Waals surface area contributed by atoms with Crippen LogP contribution < -0.4 is 4.74 Å². The van der Waals surface area contributed by atoms with Crippen LogP contribution in [0.15, 0.2) is 6.07 Å². The molecule has 2 N–H and O–H groups in total. The molecule has 16 heavy (non-hydrogen) atoms. The molecule has 2 aromatic rings. The van der Waals surface area contributed by atoms with Gasteiger partial charge in [0.15, 0.2) is 11.6 Å². The van der Waals surface area contributed by atoms with Crippen LogP contribution in [0.25, 0.3) is 10.9 Å². The van der Waals surface area contributed by atoms with Gasteiger partial charge in [-0.15, -0.1) is 0 Å². The van der Waals surface area contributed by atoms with Crippen molar-refractivity contribution in [3.63, 3.8) is 0 Å². The van der Waals surface area contributed by atoms with E-state index >= 15 is 0 Å². The van der Waals surface area contributed by atoms with Gasteiger partial charge in [0.2, 0.25) is 5.88 Å². The second kappa shape index (κ2) is 3.64. The summed E-state index contributed by atoms with van der Waals surface area (Å²) in [7, 11) is 1.25. The van der Waals surface area contributed by atoms with E-state index < -0.39 is 17.7 Å². The van der Waals surface area contributed by atoms with E-state index in [4.69, 9.17) is 21.4 Å². The molecule has 0 saturated carbocycles. The molecule has 1 heterocycles. The second-order valence-corrected chi connectivity index (χ2v) is 3.36. The van der Waals surface area contributed by atoms with Gasteiger partial charge in [0.25, 0.3) is 0 Å². The Kier molecular flexibility index (Phi) is 2.43. The van der Waals surface area contributed by atoms with E-state index in [1.54, 1.807) is 0 Å². The summed E-state index contributed by atoms with van der Waals surface area (Å²) in [5.41, 5.74) is -0.258. The fourth-order valence-corrected chi connectivity index (χ4v) is 1.61. The summed E-state index contributed by atoms with van der Waals surface area (Å²) in [6.45, 7) is 0. The molecule has 0 spiro atoms. The normalized spacial score (nSPS) is 10.7. The first-order chi connectivity index (χ1) is 7.54. The van der Waals surface area contributed by atoms with Crippen molar-refractivity contribution >= 4 is 22.5 Å². The molecule has 0 aliphatic heterocycles. The molecule has 2 rings (SSSR count). The highest BCUT2D eigenvalue weighted by molar-refractivity contribution is 6.33. The third-order valence-electron chi connectivity index (χ3n) is 2.01. The van der Waals surface area contributed by atoms with Gasteiger partial charge in [-0.05, 0) is 6.07 Å². The molecule has 0 atom stereocenters. The Hall–Kier alpha value is -1.82. The van der Waals surface area contributed by atoms with E-state index in [1.807, 2.05) is 0 Å². The first-order valence-corrected chi connectivity index (χ1v) is 4.54. The first kappa shape index (κ1) is 10.7. The highest BCUT2D eigenvalue weighted by Gasteiger charge is 2.18. The Bertz CT molecular complexity index is 576. The van der Waals surface area contributed by atoms with Crippen LogP contribution in [0.2, 0.25) is 5.02 Å². The zero-order valence-electron chi connectivity index (χ0n) is 8.03. The highest BCUT2D eigenvalue weighted by Crippen LogP contribution is 2.36. The Morgan fingerprint density at radius 1 is 1.38 bits per heavy atom. The summed E-state index contributed by atoms with van der Waals surface area (Å²) in [5.74, 6) is -1.62. The average Bonchev–Trinajstić information content (AvgIpc) is 2.21. The van der Waals surface area contributed by atoms with Crippen molar-refractivity contribution in [2.45, 2.75) is 0 Å². The predicted octanol–water partition coefficient (Wildman–Crippen LogP) is 1.84. The summed E-state index contributed by atoms with van der Waals surface area (Å²) < 4.78 is 18.5. The van der Waals surface area contributed by atoms with Gasteiger partial charge in [-0.1, -0.05) is 11.6 Å². The van der Waals surface area contributed by atoms with Crippen molar-refractivity contribution in [3.8, 4) is 17.6 Å². The lowest BCUT2D eigenvalue weighted by Crippen LogP contribution is -1.94. The van der Waals surface area contributed by atoms with Crippen LogP contribution >= 0.6 is 11.6 Å². The van der Waals surface area contributed by atoms with Crippen LogP contribution in [0.1, 0.15) is 0 Å². The molecule has 1 aromatic heterocycles.